The van der Waals surface area contributed by atoms with Crippen LogP contribution in [0.3, 0.4) is 0 Å². The number of nitrogens with zero attached hydrogens (tertiary/aromatic N) is 3. The third-order valence-corrected chi connectivity index (χ3v) is 4.05. The molecule has 2 heterocycles. The van der Waals surface area contributed by atoms with Crippen LogP contribution >= 0.6 is 0 Å². The molecule has 5 heteroatoms. The third-order valence-electron chi connectivity index (χ3n) is 4.05. The number of hydrogen-bond donors (Lipinski definition) is 1. The molecule has 1 aliphatic heterocycles. The van der Waals surface area contributed by atoms with E-state index in [1.165, 1.54) is 25.9 Å². The van der Waals surface area contributed by atoms with Crippen LogP contribution in [0.25, 0.3) is 0 Å². The molecule has 0 aliphatic carbocycles. The first-order valence-electron chi connectivity index (χ1n) is 7.67. The van der Waals surface area contributed by atoms with Crippen LogP contribution in [0.15, 0.2) is 12.4 Å². The van der Waals surface area contributed by atoms with Crippen LogP contribution in [0, 0.1) is 0 Å². The summed E-state index contributed by atoms with van der Waals surface area (Å²) in [6.45, 7) is 9.48. The summed E-state index contributed by atoms with van der Waals surface area (Å²) in [4.78, 5) is 6.93. The lowest BCUT2D eigenvalue weighted by atomic mass is 10.1. The second-order valence-corrected chi connectivity index (χ2v) is 5.83. The number of methoxy groups -OCH3 is 1. The number of aromatic nitrogens is 2. The molecule has 0 aromatic carbocycles. The van der Waals surface area contributed by atoms with Crippen molar-refractivity contribution in [2.75, 3.05) is 33.4 Å². The molecule has 1 aromatic rings. The summed E-state index contributed by atoms with van der Waals surface area (Å²) >= 11 is 0. The minimum absolute atomic E-state index is 0.477. The second-order valence-electron chi connectivity index (χ2n) is 5.83. The maximum Gasteiger partial charge on any atom is 0.122 e. The summed E-state index contributed by atoms with van der Waals surface area (Å²) in [5, 5.41) is 3.65. The van der Waals surface area contributed by atoms with Crippen LogP contribution in [0.5, 0.6) is 0 Å². The van der Waals surface area contributed by atoms with E-state index in [0.29, 0.717) is 12.1 Å². The molecule has 0 radical (unpaired) electrons. The summed E-state index contributed by atoms with van der Waals surface area (Å²) in [5.41, 5.74) is 0. The van der Waals surface area contributed by atoms with Gasteiger partial charge in [0.1, 0.15) is 5.82 Å². The zero-order valence-corrected chi connectivity index (χ0v) is 13.0. The third kappa shape index (κ3) is 4.30. The summed E-state index contributed by atoms with van der Waals surface area (Å²) in [6, 6.07) is 1.09. The molecular weight excluding hydrogens is 252 g/mol. The van der Waals surface area contributed by atoms with Crippen molar-refractivity contribution < 1.29 is 4.74 Å². The van der Waals surface area contributed by atoms with Gasteiger partial charge in [-0.2, -0.15) is 0 Å². The van der Waals surface area contributed by atoms with Gasteiger partial charge in [0.2, 0.25) is 0 Å². The zero-order chi connectivity index (χ0) is 14.4. The van der Waals surface area contributed by atoms with Crippen molar-refractivity contribution in [2.24, 2.45) is 0 Å². The lowest BCUT2D eigenvalue weighted by Crippen LogP contribution is -2.43. The Morgan fingerprint density at radius 3 is 2.80 bits per heavy atom. The Kier molecular flexibility index (Phi) is 6.01. The predicted octanol–water partition coefficient (Wildman–Crippen LogP) is 1.66. The largest absolute Gasteiger partial charge is 0.383 e. The summed E-state index contributed by atoms with van der Waals surface area (Å²) < 4.78 is 7.37. The van der Waals surface area contributed by atoms with E-state index in [1.807, 2.05) is 6.20 Å². The molecule has 0 saturated carbocycles. The van der Waals surface area contributed by atoms with Crippen molar-refractivity contribution in [1.82, 2.24) is 19.8 Å². The normalized spacial score (nSPS) is 18.0. The topological polar surface area (TPSA) is 42.3 Å². The van der Waals surface area contributed by atoms with Crippen LogP contribution in [-0.2, 0) is 11.3 Å². The minimum atomic E-state index is 0.477. The van der Waals surface area contributed by atoms with Gasteiger partial charge in [0.15, 0.2) is 0 Å². The van der Waals surface area contributed by atoms with Gasteiger partial charge in [0.25, 0.3) is 0 Å². The number of rotatable bonds is 7. The van der Waals surface area contributed by atoms with Crippen LogP contribution < -0.4 is 5.32 Å². The molecule has 1 aliphatic rings. The average molecular weight is 280 g/mol. The highest BCUT2D eigenvalue weighted by molar-refractivity contribution is 4.94. The van der Waals surface area contributed by atoms with E-state index in [9.17, 15) is 0 Å². The molecule has 1 aromatic heterocycles. The molecule has 5 nitrogen and oxygen atoms in total. The molecule has 0 amide bonds. The molecule has 0 bridgehead atoms. The molecule has 20 heavy (non-hydrogen) atoms. The molecule has 2 rings (SSSR count). The van der Waals surface area contributed by atoms with Gasteiger partial charge in [0, 0.05) is 38.1 Å². The molecule has 1 saturated heterocycles. The highest BCUT2D eigenvalue weighted by Crippen LogP contribution is 2.12. The first-order valence-corrected chi connectivity index (χ1v) is 7.67. The monoisotopic (exact) mass is 280 g/mol. The Labute approximate surface area is 122 Å². The highest BCUT2D eigenvalue weighted by atomic mass is 16.5. The number of piperidine rings is 1. The first-order chi connectivity index (χ1) is 9.70. The SMILES string of the molecule is COCCN1CCC(NCc2nccn2C(C)C)CC1. The minimum Gasteiger partial charge on any atom is -0.383 e. The number of ether oxygens (including phenoxy) is 1. The highest BCUT2D eigenvalue weighted by Gasteiger charge is 2.19. The van der Waals surface area contributed by atoms with Crippen molar-refractivity contribution in [3.63, 3.8) is 0 Å². The van der Waals surface area contributed by atoms with Crippen molar-refractivity contribution >= 4 is 0 Å². The van der Waals surface area contributed by atoms with Crippen LogP contribution in [0.4, 0.5) is 0 Å². The Bertz CT molecular complexity index is 383. The molecular formula is C15H28N4O. The van der Waals surface area contributed by atoms with E-state index < -0.39 is 0 Å². The van der Waals surface area contributed by atoms with E-state index >= 15 is 0 Å². The fourth-order valence-electron chi connectivity index (χ4n) is 2.77. The Morgan fingerprint density at radius 1 is 1.40 bits per heavy atom. The van der Waals surface area contributed by atoms with Gasteiger partial charge in [-0.15, -0.1) is 0 Å². The number of nitrogens with one attached hydrogen (secondary N) is 1. The smallest absolute Gasteiger partial charge is 0.122 e. The Morgan fingerprint density at radius 2 is 2.15 bits per heavy atom. The van der Waals surface area contributed by atoms with Gasteiger partial charge in [-0.1, -0.05) is 0 Å². The Balaban J connectivity index is 1.72. The number of likely N-dealkylation sites (tertiary alicyclic amines) is 1. The summed E-state index contributed by atoms with van der Waals surface area (Å²) in [7, 11) is 1.77. The second kappa shape index (κ2) is 7.76. The van der Waals surface area contributed by atoms with E-state index in [-0.39, 0.29) is 0 Å². The van der Waals surface area contributed by atoms with E-state index in [0.717, 1.165) is 25.5 Å². The van der Waals surface area contributed by atoms with Gasteiger partial charge in [-0.05, 0) is 39.8 Å². The lowest BCUT2D eigenvalue weighted by Gasteiger charge is -2.32. The van der Waals surface area contributed by atoms with Crippen LogP contribution in [0.1, 0.15) is 38.6 Å². The average Bonchev–Trinajstić information content (AvgIpc) is 2.92. The van der Waals surface area contributed by atoms with Crippen molar-refractivity contribution in [2.45, 2.75) is 45.3 Å². The molecule has 1 N–H and O–H groups in total. The van der Waals surface area contributed by atoms with Gasteiger partial charge < -0.3 is 19.5 Å². The Hall–Kier alpha value is -0.910. The predicted molar refractivity (Wildman–Crippen MR) is 80.8 cm³/mol. The van der Waals surface area contributed by atoms with Crippen molar-refractivity contribution in [1.29, 1.82) is 0 Å². The molecule has 0 unspecified atom stereocenters. The number of imidazole rings is 1. The van der Waals surface area contributed by atoms with E-state index in [4.69, 9.17) is 4.74 Å². The first kappa shape index (κ1) is 15.5. The zero-order valence-electron chi connectivity index (χ0n) is 13.0. The van der Waals surface area contributed by atoms with Crippen LogP contribution in [0.2, 0.25) is 0 Å². The van der Waals surface area contributed by atoms with Gasteiger partial charge >= 0.3 is 0 Å². The number of hydrogen-bond acceptors (Lipinski definition) is 4. The maximum absolute atomic E-state index is 5.14. The van der Waals surface area contributed by atoms with E-state index in [1.54, 1.807) is 7.11 Å². The van der Waals surface area contributed by atoms with Crippen LogP contribution in [-0.4, -0.2) is 53.8 Å². The van der Waals surface area contributed by atoms with Crippen molar-refractivity contribution in [3.8, 4) is 0 Å². The fourth-order valence-corrected chi connectivity index (χ4v) is 2.77. The van der Waals surface area contributed by atoms with Gasteiger partial charge in [-0.3, -0.25) is 0 Å². The molecule has 1 fully saturated rings. The fraction of sp³-hybridized carbons (Fsp3) is 0.800. The van der Waals surface area contributed by atoms with E-state index in [2.05, 4.69) is 39.8 Å². The summed E-state index contributed by atoms with van der Waals surface area (Å²) in [5.74, 6) is 1.14. The standard InChI is InChI=1S/C15H28N4O/c1-13(2)19-9-6-16-15(19)12-17-14-4-7-18(8-5-14)10-11-20-3/h6,9,13-14,17H,4-5,7-8,10-12H2,1-3H3. The lowest BCUT2D eigenvalue weighted by molar-refractivity contribution is 0.125. The molecule has 114 valence electrons. The quantitative estimate of drug-likeness (QED) is 0.825. The van der Waals surface area contributed by atoms with Gasteiger partial charge in [0.05, 0.1) is 13.2 Å². The van der Waals surface area contributed by atoms with Gasteiger partial charge in [-0.25, -0.2) is 4.98 Å². The summed E-state index contributed by atoms with van der Waals surface area (Å²) in [6.07, 6.45) is 6.39. The van der Waals surface area contributed by atoms with Crippen molar-refractivity contribution in [3.05, 3.63) is 18.2 Å². The maximum atomic E-state index is 5.14. The molecule has 0 spiro atoms. The molecule has 0 atom stereocenters.